The SMILES string of the molecule is CC(N)(CO)c1cc(CO)ccc1F. The van der Waals surface area contributed by atoms with Crippen LogP contribution in [0.1, 0.15) is 18.1 Å². The Morgan fingerprint density at radius 3 is 2.57 bits per heavy atom. The lowest BCUT2D eigenvalue weighted by molar-refractivity contribution is 0.206. The molecule has 0 saturated heterocycles. The van der Waals surface area contributed by atoms with E-state index in [1.54, 1.807) is 0 Å². The number of halogens is 1. The van der Waals surface area contributed by atoms with Gasteiger partial charge in [-0.1, -0.05) is 6.07 Å². The zero-order valence-corrected chi connectivity index (χ0v) is 8.00. The molecule has 0 radical (unpaired) electrons. The number of aliphatic hydroxyl groups excluding tert-OH is 2. The van der Waals surface area contributed by atoms with E-state index in [-0.39, 0.29) is 18.8 Å². The van der Waals surface area contributed by atoms with Crippen LogP contribution < -0.4 is 5.73 Å². The number of nitrogens with two attached hydrogens (primary N) is 1. The minimum atomic E-state index is -1.12. The lowest BCUT2D eigenvalue weighted by Crippen LogP contribution is -2.38. The predicted octanol–water partition coefficient (Wildman–Crippen LogP) is 0.484. The maximum absolute atomic E-state index is 13.3. The largest absolute Gasteiger partial charge is 0.394 e. The van der Waals surface area contributed by atoms with Gasteiger partial charge in [0, 0.05) is 5.56 Å². The summed E-state index contributed by atoms with van der Waals surface area (Å²) in [6.07, 6.45) is 0. The molecule has 78 valence electrons. The van der Waals surface area contributed by atoms with E-state index in [2.05, 4.69) is 0 Å². The van der Waals surface area contributed by atoms with Gasteiger partial charge in [0.15, 0.2) is 0 Å². The summed E-state index contributed by atoms with van der Waals surface area (Å²) in [6, 6.07) is 4.18. The van der Waals surface area contributed by atoms with E-state index >= 15 is 0 Å². The average Bonchev–Trinajstić information content (AvgIpc) is 2.18. The second-order valence-corrected chi connectivity index (χ2v) is 3.55. The van der Waals surface area contributed by atoms with E-state index in [4.69, 9.17) is 15.9 Å². The van der Waals surface area contributed by atoms with Gasteiger partial charge in [0.2, 0.25) is 0 Å². The molecular weight excluding hydrogens is 185 g/mol. The fraction of sp³-hybridized carbons (Fsp3) is 0.400. The Balaban J connectivity index is 3.18. The van der Waals surface area contributed by atoms with Crippen molar-refractivity contribution in [2.24, 2.45) is 5.73 Å². The number of aliphatic hydroxyl groups is 2. The van der Waals surface area contributed by atoms with Crippen molar-refractivity contribution >= 4 is 0 Å². The summed E-state index contributed by atoms with van der Waals surface area (Å²) in [7, 11) is 0. The van der Waals surface area contributed by atoms with Crippen LogP contribution in [0.5, 0.6) is 0 Å². The van der Waals surface area contributed by atoms with Crippen molar-refractivity contribution in [3.63, 3.8) is 0 Å². The van der Waals surface area contributed by atoms with Crippen LogP contribution in [0.15, 0.2) is 18.2 Å². The first-order valence-corrected chi connectivity index (χ1v) is 4.31. The van der Waals surface area contributed by atoms with E-state index in [1.807, 2.05) is 0 Å². The van der Waals surface area contributed by atoms with E-state index in [9.17, 15) is 4.39 Å². The summed E-state index contributed by atoms with van der Waals surface area (Å²) in [5, 5.41) is 17.8. The van der Waals surface area contributed by atoms with Crippen molar-refractivity contribution in [2.75, 3.05) is 6.61 Å². The van der Waals surface area contributed by atoms with E-state index in [0.717, 1.165) is 0 Å². The van der Waals surface area contributed by atoms with Gasteiger partial charge in [0.1, 0.15) is 5.82 Å². The van der Waals surface area contributed by atoms with Gasteiger partial charge in [-0.25, -0.2) is 4.39 Å². The molecule has 0 amide bonds. The second kappa shape index (κ2) is 4.04. The second-order valence-electron chi connectivity index (χ2n) is 3.55. The Kier molecular flexibility index (Phi) is 3.21. The van der Waals surface area contributed by atoms with Crippen molar-refractivity contribution < 1.29 is 14.6 Å². The van der Waals surface area contributed by atoms with Crippen molar-refractivity contribution in [3.05, 3.63) is 35.1 Å². The fourth-order valence-corrected chi connectivity index (χ4v) is 1.19. The monoisotopic (exact) mass is 199 g/mol. The topological polar surface area (TPSA) is 66.5 Å². The molecule has 0 heterocycles. The lowest BCUT2D eigenvalue weighted by atomic mass is 9.92. The molecule has 1 aromatic rings. The van der Waals surface area contributed by atoms with Gasteiger partial charge in [0.05, 0.1) is 18.8 Å². The molecule has 1 aromatic carbocycles. The van der Waals surface area contributed by atoms with Gasteiger partial charge >= 0.3 is 0 Å². The van der Waals surface area contributed by atoms with Crippen molar-refractivity contribution in [1.29, 1.82) is 0 Å². The third kappa shape index (κ3) is 2.09. The molecule has 0 bridgehead atoms. The molecule has 4 heteroatoms. The molecule has 0 aliphatic carbocycles. The standard InChI is InChI=1S/C10H14FNO2/c1-10(12,6-14)8-4-7(5-13)2-3-9(8)11/h2-4,13-14H,5-6,12H2,1H3. The van der Waals surface area contributed by atoms with Gasteiger partial charge in [-0.05, 0) is 24.6 Å². The number of hydrogen-bond acceptors (Lipinski definition) is 3. The molecule has 3 nitrogen and oxygen atoms in total. The Morgan fingerprint density at radius 2 is 2.07 bits per heavy atom. The van der Waals surface area contributed by atoms with Crippen LogP contribution in [0.2, 0.25) is 0 Å². The molecule has 0 saturated carbocycles. The van der Waals surface area contributed by atoms with Crippen LogP contribution in [0, 0.1) is 5.82 Å². The molecule has 0 aromatic heterocycles. The van der Waals surface area contributed by atoms with Crippen LogP contribution in [-0.2, 0) is 12.1 Å². The highest BCUT2D eigenvalue weighted by molar-refractivity contribution is 5.30. The highest BCUT2D eigenvalue weighted by Gasteiger charge is 2.23. The molecule has 1 unspecified atom stereocenters. The van der Waals surface area contributed by atoms with Crippen LogP contribution in [0.3, 0.4) is 0 Å². The smallest absolute Gasteiger partial charge is 0.128 e. The molecule has 0 aliphatic rings. The Hall–Kier alpha value is -0.970. The van der Waals surface area contributed by atoms with Crippen molar-refractivity contribution in [3.8, 4) is 0 Å². The average molecular weight is 199 g/mol. The lowest BCUT2D eigenvalue weighted by Gasteiger charge is -2.23. The minimum absolute atomic E-state index is 0.172. The summed E-state index contributed by atoms with van der Waals surface area (Å²) in [6.45, 7) is 1.01. The third-order valence-electron chi connectivity index (χ3n) is 2.16. The number of benzene rings is 1. The first-order valence-electron chi connectivity index (χ1n) is 4.31. The van der Waals surface area contributed by atoms with Gasteiger partial charge < -0.3 is 15.9 Å². The highest BCUT2D eigenvalue weighted by Crippen LogP contribution is 2.21. The van der Waals surface area contributed by atoms with Gasteiger partial charge in [0.25, 0.3) is 0 Å². The zero-order valence-electron chi connectivity index (χ0n) is 8.00. The van der Waals surface area contributed by atoms with Crippen molar-refractivity contribution in [1.82, 2.24) is 0 Å². The molecule has 1 atom stereocenters. The maximum atomic E-state index is 13.3. The summed E-state index contributed by atoms with van der Waals surface area (Å²) in [5.74, 6) is -0.471. The van der Waals surface area contributed by atoms with Crippen molar-refractivity contribution in [2.45, 2.75) is 19.1 Å². The van der Waals surface area contributed by atoms with Gasteiger partial charge in [-0.3, -0.25) is 0 Å². The highest BCUT2D eigenvalue weighted by atomic mass is 19.1. The number of rotatable bonds is 3. The van der Waals surface area contributed by atoms with E-state index in [1.165, 1.54) is 25.1 Å². The predicted molar refractivity (Wildman–Crippen MR) is 50.9 cm³/mol. The zero-order chi connectivity index (χ0) is 10.8. The first kappa shape index (κ1) is 11.1. The van der Waals surface area contributed by atoms with Crippen LogP contribution in [-0.4, -0.2) is 16.8 Å². The minimum Gasteiger partial charge on any atom is -0.394 e. The number of hydrogen-bond donors (Lipinski definition) is 3. The van der Waals surface area contributed by atoms with E-state index < -0.39 is 11.4 Å². The van der Waals surface area contributed by atoms with Crippen LogP contribution >= 0.6 is 0 Å². The third-order valence-corrected chi connectivity index (χ3v) is 2.16. The molecular formula is C10H14FNO2. The Labute approximate surface area is 82.0 Å². The Morgan fingerprint density at radius 1 is 1.43 bits per heavy atom. The van der Waals surface area contributed by atoms with E-state index in [0.29, 0.717) is 5.56 Å². The van der Waals surface area contributed by atoms with Crippen LogP contribution in [0.4, 0.5) is 4.39 Å². The molecule has 0 spiro atoms. The first-order chi connectivity index (χ1) is 6.51. The molecule has 1 rings (SSSR count). The molecule has 0 aliphatic heterocycles. The van der Waals surface area contributed by atoms with Crippen LogP contribution in [0.25, 0.3) is 0 Å². The Bertz CT molecular complexity index is 326. The fourth-order valence-electron chi connectivity index (χ4n) is 1.19. The summed E-state index contributed by atoms with van der Waals surface area (Å²) >= 11 is 0. The van der Waals surface area contributed by atoms with Gasteiger partial charge in [-0.2, -0.15) is 0 Å². The molecule has 0 fully saturated rings. The summed E-state index contributed by atoms with van der Waals surface area (Å²) in [5.41, 5.74) is 5.36. The summed E-state index contributed by atoms with van der Waals surface area (Å²) in [4.78, 5) is 0. The normalized spacial score (nSPS) is 15.2. The maximum Gasteiger partial charge on any atom is 0.128 e. The quantitative estimate of drug-likeness (QED) is 0.663. The van der Waals surface area contributed by atoms with Gasteiger partial charge in [-0.15, -0.1) is 0 Å². The molecule has 4 N–H and O–H groups in total. The molecule has 14 heavy (non-hydrogen) atoms. The summed E-state index contributed by atoms with van der Waals surface area (Å²) < 4.78 is 13.3.